The number of hydrogen-bond acceptors (Lipinski definition) is 4. The summed E-state index contributed by atoms with van der Waals surface area (Å²) in [4.78, 5) is 0.0803. The molecule has 1 aliphatic heterocycles. The van der Waals surface area contributed by atoms with Crippen LogP contribution in [0.2, 0.25) is 0 Å². The zero-order valence-electron chi connectivity index (χ0n) is 7.81. The van der Waals surface area contributed by atoms with Crippen LogP contribution in [0.15, 0.2) is 29.2 Å². The van der Waals surface area contributed by atoms with Gasteiger partial charge in [0.15, 0.2) is 0 Å². The average Bonchev–Trinajstić information content (AvgIpc) is 2.13. The lowest BCUT2D eigenvalue weighted by molar-refractivity contribution is -0.0569. The molecule has 0 unspecified atom stereocenters. The maximum atomic E-state index is 11.0. The Kier molecular flexibility index (Phi) is 2.50. The first kappa shape index (κ1) is 10.9. The second-order valence-corrected chi connectivity index (χ2v) is 6.18. The molecule has 0 saturated carbocycles. The van der Waals surface area contributed by atoms with E-state index in [0.717, 1.165) is 5.56 Å². The molecule has 0 aliphatic carbocycles. The summed E-state index contributed by atoms with van der Waals surface area (Å²) in [5.74, 6) is 0. The lowest BCUT2D eigenvalue weighted by atomic mass is 9.89. The van der Waals surface area contributed by atoms with Gasteiger partial charge < -0.3 is 10.5 Å². The van der Waals surface area contributed by atoms with Gasteiger partial charge in [0.25, 0.3) is 9.05 Å². The number of rotatable bonds is 2. The van der Waals surface area contributed by atoms with E-state index in [1.165, 1.54) is 12.1 Å². The van der Waals surface area contributed by atoms with Crippen LogP contribution in [0.1, 0.15) is 5.56 Å². The van der Waals surface area contributed by atoms with Crippen LogP contribution in [0.4, 0.5) is 0 Å². The topological polar surface area (TPSA) is 69.4 Å². The van der Waals surface area contributed by atoms with Crippen LogP contribution in [0.3, 0.4) is 0 Å². The Morgan fingerprint density at radius 1 is 1.27 bits per heavy atom. The molecule has 0 radical (unpaired) electrons. The van der Waals surface area contributed by atoms with Crippen molar-refractivity contribution in [1.29, 1.82) is 0 Å². The van der Waals surface area contributed by atoms with Crippen molar-refractivity contribution in [2.75, 3.05) is 13.2 Å². The van der Waals surface area contributed by atoms with Crippen LogP contribution < -0.4 is 5.73 Å². The standard InChI is InChI=1S/C9H10ClNO3S/c10-15(12,13)8-3-1-7(2-4-8)9(11)5-14-6-9/h1-4H,5-6,11H2. The summed E-state index contributed by atoms with van der Waals surface area (Å²) in [5, 5.41) is 0. The minimum atomic E-state index is -3.65. The molecule has 0 aromatic heterocycles. The maximum absolute atomic E-state index is 11.0. The monoisotopic (exact) mass is 247 g/mol. The Morgan fingerprint density at radius 3 is 2.13 bits per heavy atom. The molecule has 0 spiro atoms. The fourth-order valence-corrected chi connectivity index (χ4v) is 2.21. The van der Waals surface area contributed by atoms with Crippen LogP contribution in [-0.4, -0.2) is 21.6 Å². The number of ether oxygens (including phenoxy) is 1. The van der Waals surface area contributed by atoms with Gasteiger partial charge in [-0.25, -0.2) is 8.42 Å². The van der Waals surface area contributed by atoms with E-state index in [9.17, 15) is 8.42 Å². The SMILES string of the molecule is NC1(c2ccc(S(=O)(=O)Cl)cc2)COC1. The molecule has 1 saturated heterocycles. The fourth-order valence-electron chi connectivity index (χ4n) is 1.44. The lowest BCUT2D eigenvalue weighted by Gasteiger charge is -2.38. The van der Waals surface area contributed by atoms with Gasteiger partial charge in [-0.15, -0.1) is 0 Å². The van der Waals surface area contributed by atoms with Crippen LogP contribution in [0.5, 0.6) is 0 Å². The third-order valence-electron chi connectivity index (χ3n) is 2.43. The second-order valence-electron chi connectivity index (χ2n) is 3.61. The zero-order valence-corrected chi connectivity index (χ0v) is 9.38. The van der Waals surface area contributed by atoms with E-state index in [0.29, 0.717) is 13.2 Å². The first-order valence-corrected chi connectivity index (χ1v) is 6.65. The third-order valence-corrected chi connectivity index (χ3v) is 3.80. The number of benzene rings is 1. The second kappa shape index (κ2) is 3.45. The molecule has 1 aromatic rings. The van der Waals surface area contributed by atoms with E-state index in [1.807, 2.05) is 0 Å². The van der Waals surface area contributed by atoms with Gasteiger partial charge in [-0.3, -0.25) is 0 Å². The maximum Gasteiger partial charge on any atom is 0.261 e. The van der Waals surface area contributed by atoms with Crippen LogP contribution in [0.25, 0.3) is 0 Å². The molecule has 82 valence electrons. The normalized spacial score (nSPS) is 19.6. The number of nitrogens with two attached hydrogens (primary N) is 1. The van der Waals surface area contributed by atoms with Crippen molar-refractivity contribution in [1.82, 2.24) is 0 Å². The first-order valence-electron chi connectivity index (χ1n) is 4.34. The minimum Gasteiger partial charge on any atom is -0.377 e. The van der Waals surface area contributed by atoms with Gasteiger partial charge >= 0.3 is 0 Å². The Labute approximate surface area is 92.4 Å². The number of halogens is 1. The highest BCUT2D eigenvalue weighted by Crippen LogP contribution is 2.27. The molecule has 15 heavy (non-hydrogen) atoms. The van der Waals surface area contributed by atoms with Crippen molar-refractivity contribution in [3.63, 3.8) is 0 Å². The van der Waals surface area contributed by atoms with Crippen LogP contribution in [-0.2, 0) is 19.3 Å². The van der Waals surface area contributed by atoms with Gasteiger partial charge in [0.1, 0.15) is 0 Å². The van der Waals surface area contributed by atoms with Gasteiger partial charge in [0.2, 0.25) is 0 Å². The van der Waals surface area contributed by atoms with E-state index >= 15 is 0 Å². The molecule has 4 nitrogen and oxygen atoms in total. The highest BCUT2D eigenvalue weighted by molar-refractivity contribution is 8.13. The van der Waals surface area contributed by atoms with Crippen molar-refractivity contribution >= 4 is 19.7 Å². The zero-order chi connectivity index (χ0) is 11.1. The molecular weight excluding hydrogens is 238 g/mol. The molecule has 1 aliphatic rings. The van der Waals surface area contributed by atoms with Crippen LogP contribution in [0, 0.1) is 0 Å². The largest absolute Gasteiger partial charge is 0.377 e. The molecule has 1 fully saturated rings. The molecule has 0 bridgehead atoms. The summed E-state index contributed by atoms with van der Waals surface area (Å²) >= 11 is 0. The molecule has 6 heteroatoms. The molecule has 2 rings (SSSR count). The Balaban J connectivity index is 2.32. The summed E-state index contributed by atoms with van der Waals surface area (Å²) in [5.41, 5.74) is 6.36. The summed E-state index contributed by atoms with van der Waals surface area (Å²) in [6, 6.07) is 6.23. The quantitative estimate of drug-likeness (QED) is 0.785. The predicted molar refractivity (Wildman–Crippen MR) is 56.2 cm³/mol. The molecule has 0 atom stereocenters. The molecule has 1 aromatic carbocycles. The minimum absolute atomic E-state index is 0.0803. The summed E-state index contributed by atoms with van der Waals surface area (Å²) < 4.78 is 27.0. The Morgan fingerprint density at radius 2 is 1.80 bits per heavy atom. The number of hydrogen-bond donors (Lipinski definition) is 1. The van der Waals surface area contributed by atoms with E-state index in [4.69, 9.17) is 21.2 Å². The third kappa shape index (κ3) is 2.01. The van der Waals surface area contributed by atoms with Gasteiger partial charge in [0.05, 0.1) is 23.6 Å². The van der Waals surface area contributed by atoms with Gasteiger partial charge in [-0.1, -0.05) is 12.1 Å². The van der Waals surface area contributed by atoms with E-state index in [2.05, 4.69) is 0 Å². The first-order chi connectivity index (χ1) is 6.92. The summed E-state index contributed by atoms with van der Waals surface area (Å²) in [6.45, 7) is 0.917. The fraction of sp³-hybridized carbons (Fsp3) is 0.333. The highest BCUT2D eigenvalue weighted by Gasteiger charge is 2.35. The van der Waals surface area contributed by atoms with Crippen molar-refractivity contribution in [2.45, 2.75) is 10.4 Å². The Bertz CT molecular complexity index is 465. The van der Waals surface area contributed by atoms with E-state index < -0.39 is 14.6 Å². The molecular formula is C9H10ClNO3S. The van der Waals surface area contributed by atoms with Gasteiger partial charge in [0, 0.05) is 10.7 Å². The highest BCUT2D eigenvalue weighted by atomic mass is 35.7. The van der Waals surface area contributed by atoms with Gasteiger partial charge in [-0.05, 0) is 17.7 Å². The Hall–Kier alpha value is -0.620. The van der Waals surface area contributed by atoms with Crippen molar-refractivity contribution in [3.8, 4) is 0 Å². The molecule has 0 amide bonds. The van der Waals surface area contributed by atoms with E-state index in [1.54, 1.807) is 12.1 Å². The molecule has 1 heterocycles. The van der Waals surface area contributed by atoms with Crippen molar-refractivity contribution in [2.24, 2.45) is 5.73 Å². The van der Waals surface area contributed by atoms with Gasteiger partial charge in [-0.2, -0.15) is 0 Å². The summed E-state index contributed by atoms with van der Waals surface area (Å²) in [6.07, 6.45) is 0. The van der Waals surface area contributed by atoms with Crippen molar-refractivity contribution in [3.05, 3.63) is 29.8 Å². The predicted octanol–water partition coefficient (Wildman–Crippen LogP) is 0.798. The van der Waals surface area contributed by atoms with E-state index in [-0.39, 0.29) is 4.90 Å². The average molecular weight is 248 g/mol. The lowest BCUT2D eigenvalue weighted by Crippen LogP contribution is -2.54. The summed E-state index contributed by atoms with van der Waals surface area (Å²) in [7, 11) is 1.54. The molecule has 2 N–H and O–H groups in total. The van der Waals surface area contributed by atoms with Crippen molar-refractivity contribution < 1.29 is 13.2 Å². The smallest absolute Gasteiger partial charge is 0.261 e. The van der Waals surface area contributed by atoms with Crippen LogP contribution >= 0.6 is 10.7 Å².